The van der Waals surface area contributed by atoms with Gasteiger partial charge in [-0.3, -0.25) is 10.1 Å². The molecule has 0 bridgehead atoms. The van der Waals surface area contributed by atoms with Gasteiger partial charge in [-0.05, 0) is 42.7 Å². The average Bonchev–Trinajstić information content (AvgIpc) is 2.74. The van der Waals surface area contributed by atoms with Crippen LogP contribution in [0, 0.1) is 10.1 Å². The molecule has 1 aliphatic carbocycles. The van der Waals surface area contributed by atoms with E-state index in [0.717, 1.165) is 16.7 Å². The first-order valence-corrected chi connectivity index (χ1v) is 6.56. The van der Waals surface area contributed by atoms with Crippen molar-refractivity contribution in [2.75, 3.05) is 6.61 Å². The lowest BCUT2D eigenvalue weighted by atomic mass is 10.00. The molecule has 110 valence electrons. The van der Waals surface area contributed by atoms with Gasteiger partial charge in [0.2, 0.25) is 0 Å². The third-order valence-corrected chi connectivity index (χ3v) is 3.42. The highest BCUT2D eigenvalue weighted by atomic mass is 16.6. The Labute approximate surface area is 122 Å². The largest absolute Gasteiger partial charge is 0.462 e. The van der Waals surface area contributed by atoms with Crippen LogP contribution in [0.15, 0.2) is 41.1 Å². The van der Waals surface area contributed by atoms with E-state index in [-0.39, 0.29) is 12.3 Å². The number of carbonyl (C=O) groups excluding carboxylic acids is 1. The molecule has 1 aromatic rings. The van der Waals surface area contributed by atoms with E-state index >= 15 is 0 Å². The summed E-state index contributed by atoms with van der Waals surface area (Å²) in [6, 6.07) is 6.21. The van der Waals surface area contributed by atoms with Crippen molar-refractivity contribution in [2.24, 2.45) is 5.73 Å². The van der Waals surface area contributed by atoms with Gasteiger partial charge in [-0.15, -0.1) is 0 Å². The molecular weight excluding hydrogens is 272 g/mol. The fraction of sp³-hybridized carbons (Fsp3) is 0.267. The van der Waals surface area contributed by atoms with Crippen molar-refractivity contribution in [1.82, 2.24) is 0 Å². The summed E-state index contributed by atoms with van der Waals surface area (Å²) >= 11 is 0. The molecule has 0 unspecified atom stereocenters. The Morgan fingerprint density at radius 2 is 2.00 bits per heavy atom. The normalized spacial score (nSPS) is 14.6. The van der Waals surface area contributed by atoms with Gasteiger partial charge in [0, 0.05) is 24.3 Å². The molecule has 0 radical (unpaired) electrons. The molecule has 0 heterocycles. The van der Waals surface area contributed by atoms with Gasteiger partial charge >= 0.3 is 5.97 Å². The number of carbonyl (C=O) groups is 1. The second-order valence-electron chi connectivity index (χ2n) is 4.71. The first kappa shape index (κ1) is 14.8. The lowest BCUT2D eigenvalue weighted by molar-refractivity contribution is -0.384. The zero-order valence-corrected chi connectivity index (χ0v) is 11.9. The third-order valence-electron chi connectivity index (χ3n) is 3.42. The fourth-order valence-electron chi connectivity index (χ4n) is 2.39. The van der Waals surface area contributed by atoms with Crippen LogP contribution in [-0.2, 0) is 9.53 Å². The Morgan fingerprint density at radius 3 is 2.52 bits per heavy atom. The van der Waals surface area contributed by atoms with Crippen molar-refractivity contribution >= 4 is 17.2 Å². The van der Waals surface area contributed by atoms with Gasteiger partial charge in [0.05, 0.1) is 17.1 Å². The van der Waals surface area contributed by atoms with Gasteiger partial charge in [0.1, 0.15) is 0 Å². The minimum absolute atomic E-state index is 0.0292. The van der Waals surface area contributed by atoms with E-state index < -0.39 is 10.9 Å². The van der Waals surface area contributed by atoms with Gasteiger partial charge in [0.15, 0.2) is 0 Å². The van der Waals surface area contributed by atoms with Crippen LogP contribution in [-0.4, -0.2) is 17.5 Å². The zero-order chi connectivity index (χ0) is 15.6. The maximum absolute atomic E-state index is 11.9. The summed E-state index contributed by atoms with van der Waals surface area (Å²) in [6.07, 6.45) is 0.442. The molecule has 0 amide bonds. The Balaban J connectivity index is 2.34. The molecule has 1 aromatic carbocycles. The summed E-state index contributed by atoms with van der Waals surface area (Å²) in [7, 11) is 0. The number of nitrogens with zero attached hydrogens (tertiary/aromatic N) is 1. The molecular formula is C15H16N2O4. The Hall–Kier alpha value is -2.63. The molecule has 0 saturated carbocycles. The summed E-state index contributed by atoms with van der Waals surface area (Å²) in [5.41, 5.74) is 9.32. The van der Waals surface area contributed by atoms with Crippen LogP contribution >= 0.6 is 0 Å². The number of nitro groups is 1. The van der Waals surface area contributed by atoms with Crippen molar-refractivity contribution in [1.29, 1.82) is 0 Å². The number of allylic oxidation sites excluding steroid dienone is 1. The van der Waals surface area contributed by atoms with Crippen LogP contribution in [0.3, 0.4) is 0 Å². The van der Waals surface area contributed by atoms with E-state index in [1.807, 2.05) is 6.92 Å². The Morgan fingerprint density at radius 1 is 1.38 bits per heavy atom. The first-order chi connectivity index (χ1) is 9.95. The minimum Gasteiger partial charge on any atom is -0.462 e. The molecule has 0 aromatic heterocycles. The fourth-order valence-corrected chi connectivity index (χ4v) is 2.39. The van der Waals surface area contributed by atoms with Crippen molar-refractivity contribution in [3.63, 3.8) is 0 Å². The Kier molecular flexibility index (Phi) is 4.07. The van der Waals surface area contributed by atoms with E-state index in [4.69, 9.17) is 10.5 Å². The van der Waals surface area contributed by atoms with Crippen LogP contribution in [0.5, 0.6) is 0 Å². The van der Waals surface area contributed by atoms with E-state index in [2.05, 4.69) is 0 Å². The number of hydrogen-bond acceptors (Lipinski definition) is 5. The smallest absolute Gasteiger partial charge is 0.340 e. The predicted molar refractivity (Wildman–Crippen MR) is 78.2 cm³/mol. The van der Waals surface area contributed by atoms with Crippen molar-refractivity contribution in [2.45, 2.75) is 20.3 Å². The number of non-ortho nitro benzene ring substituents is 1. The van der Waals surface area contributed by atoms with Crippen molar-refractivity contribution in [3.05, 3.63) is 56.8 Å². The van der Waals surface area contributed by atoms with E-state index in [0.29, 0.717) is 17.7 Å². The molecule has 0 aliphatic heterocycles. The van der Waals surface area contributed by atoms with Crippen molar-refractivity contribution < 1.29 is 14.5 Å². The lowest BCUT2D eigenvalue weighted by Crippen LogP contribution is -2.11. The second kappa shape index (κ2) is 5.78. The van der Waals surface area contributed by atoms with Crippen LogP contribution < -0.4 is 5.73 Å². The standard InChI is InChI=1S/C15H16N2O4/c1-3-21-15(18)14-9(2)12(8-13(14)16)10-4-6-11(7-5-10)17(19)20/h4-7H,3,8,16H2,1-2H3. The first-order valence-electron chi connectivity index (χ1n) is 6.56. The second-order valence-corrected chi connectivity index (χ2v) is 4.71. The quantitative estimate of drug-likeness (QED) is 0.522. The average molecular weight is 288 g/mol. The summed E-state index contributed by atoms with van der Waals surface area (Å²) in [4.78, 5) is 22.1. The molecule has 0 spiro atoms. The van der Waals surface area contributed by atoms with Crippen LogP contribution in [0.2, 0.25) is 0 Å². The number of benzene rings is 1. The molecule has 2 rings (SSSR count). The molecule has 1 aliphatic rings. The lowest BCUT2D eigenvalue weighted by Gasteiger charge is -2.06. The van der Waals surface area contributed by atoms with Gasteiger partial charge < -0.3 is 10.5 Å². The maximum Gasteiger partial charge on any atom is 0.340 e. The van der Waals surface area contributed by atoms with E-state index in [1.165, 1.54) is 12.1 Å². The van der Waals surface area contributed by atoms with Gasteiger partial charge in [-0.1, -0.05) is 0 Å². The van der Waals surface area contributed by atoms with Gasteiger partial charge in [-0.25, -0.2) is 4.79 Å². The topological polar surface area (TPSA) is 95.5 Å². The van der Waals surface area contributed by atoms with Gasteiger partial charge in [-0.2, -0.15) is 0 Å². The van der Waals surface area contributed by atoms with Crippen LogP contribution in [0.4, 0.5) is 5.69 Å². The SMILES string of the molecule is CCOC(=O)C1=C(N)CC(c2ccc([N+](=O)[O-])cc2)=C1C. The van der Waals surface area contributed by atoms with Crippen LogP contribution in [0.1, 0.15) is 25.8 Å². The number of esters is 1. The summed E-state index contributed by atoms with van der Waals surface area (Å²) < 4.78 is 5.00. The molecule has 6 nitrogen and oxygen atoms in total. The number of nitrogens with two attached hydrogens (primary N) is 1. The molecule has 2 N–H and O–H groups in total. The monoisotopic (exact) mass is 288 g/mol. The van der Waals surface area contributed by atoms with E-state index in [1.54, 1.807) is 19.1 Å². The molecule has 0 fully saturated rings. The molecule has 0 saturated heterocycles. The highest BCUT2D eigenvalue weighted by molar-refractivity contribution is 6.00. The van der Waals surface area contributed by atoms with Crippen LogP contribution in [0.25, 0.3) is 5.57 Å². The highest BCUT2D eigenvalue weighted by Crippen LogP contribution is 2.37. The Bertz CT molecular complexity index is 657. The molecule has 6 heteroatoms. The van der Waals surface area contributed by atoms with Gasteiger partial charge in [0.25, 0.3) is 5.69 Å². The van der Waals surface area contributed by atoms with E-state index in [9.17, 15) is 14.9 Å². The summed E-state index contributed by atoms with van der Waals surface area (Å²) in [6.45, 7) is 3.83. The molecule has 0 atom stereocenters. The predicted octanol–water partition coefficient (Wildman–Crippen LogP) is 2.55. The summed E-state index contributed by atoms with van der Waals surface area (Å²) in [5, 5.41) is 10.7. The maximum atomic E-state index is 11.9. The molecule has 21 heavy (non-hydrogen) atoms. The number of ether oxygens (including phenoxy) is 1. The number of nitro benzene ring substituents is 1. The van der Waals surface area contributed by atoms with Crippen molar-refractivity contribution in [3.8, 4) is 0 Å². The number of rotatable bonds is 4. The minimum atomic E-state index is -0.448. The third kappa shape index (κ3) is 2.79. The zero-order valence-electron chi connectivity index (χ0n) is 11.9. The highest BCUT2D eigenvalue weighted by Gasteiger charge is 2.27. The number of hydrogen-bond donors (Lipinski definition) is 1. The summed E-state index contributed by atoms with van der Waals surface area (Å²) in [5.74, 6) is -0.426.